The van der Waals surface area contributed by atoms with Crippen LogP contribution in [-0.4, -0.2) is 36.7 Å². The van der Waals surface area contributed by atoms with Gasteiger partial charge < -0.3 is 18.8 Å². The maximum atomic E-state index is 14.6. The number of hydrogen-bond donors (Lipinski definition) is 0. The summed E-state index contributed by atoms with van der Waals surface area (Å²) in [6.07, 6.45) is -3.45. The molecule has 1 atom stereocenters. The van der Waals surface area contributed by atoms with E-state index in [1.807, 2.05) is 6.92 Å². The van der Waals surface area contributed by atoms with Gasteiger partial charge in [-0.3, -0.25) is 0 Å². The van der Waals surface area contributed by atoms with Gasteiger partial charge in [-0.05, 0) is 37.6 Å². The molecule has 0 saturated heterocycles. The van der Waals surface area contributed by atoms with Gasteiger partial charge in [-0.1, -0.05) is 0 Å². The number of benzene rings is 1. The Kier molecular flexibility index (Phi) is 5.70. The van der Waals surface area contributed by atoms with Crippen LogP contribution in [0.2, 0.25) is 0 Å². The molecule has 0 fully saturated rings. The van der Waals surface area contributed by atoms with Gasteiger partial charge in [0.2, 0.25) is 0 Å². The highest BCUT2D eigenvalue weighted by molar-refractivity contribution is 5.83. The fourth-order valence-corrected chi connectivity index (χ4v) is 3.25. The normalized spacial score (nSPS) is 13.0. The van der Waals surface area contributed by atoms with E-state index in [0.717, 1.165) is 6.07 Å². The van der Waals surface area contributed by atoms with Gasteiger partial charge >= 0.3 is 6.36 Å². The van der Waals surface area contributed by atoms with Gasteiger partial charge in [0.1, 0.15) is 17.0 Å². The van der Waals surface area contributed by atoms with Crippen molar-refractivity contribution in [1.29, 1.82) is 0 Å². The summed E-state index contributed by atoms with van der Waals surface area (Å²) in [7, 11) is 2.89. The third-order valence-corrected chi connectivity index (χ3v) is 4.49. The van der Waals surface area contributed by atoms with E-state index in [4.69, 9.17) is 9.47 Å². The predicted molar refractivity (Wildman–Crippen MR) is 99.7 cm³/mol. The molecule has 9 heteroatoms. The van der Waals surface area contributed by atoms with E-state index in [0.29, 0.717) is 28.9 Å². The number of rotatable bonds is 6. The van der Waals surface area contributed by atoms with Crippen LogP contribution in [0.25, 0.3) is 22.3 Å². The van der Waals surface area contributed by atoms with E-state index in [-0.39, 0.29) is 17.3 Å². The average Bonchev–Trinajstić information content (AvgIpc) is 2.96. The maximum Gasteiger partial charge on any atom is 0.573 e. The van der Waals surface area contributed by atoms with Crippen molar-refractivity contribution in [3.05, 3.63) is 41.8 Å². The Morgan fingerprint density at radius 2 is 1.90 bits per heavy atom. The quantitative estimate of drug-likeness (QED) is 0.518. The topological polar surface area (TPSA) is 45.5 Å². The first kappa shape index (κ1) is 20.9. The monoisotopic (exact) mass is 412 g/mol. The summed E-state index contributed by atoms with van der Waals surface area (Å²) in [5.74, 6) is -0.781. The van der Waals surface area contributed by atoms with Crippen LogP contribution in [0.1, 0.15) is 18.5 Å². The second kappa shape index (κ2) is 7.90. The zero-order valence-corrected chi connectivity index (χ0v) is 16.3. The first-order valence-electron chi connectivity index (χ1n) is 8.75. The van der Waals surface area contributed by atoms with E-state index in [9.17, 15) is 17.6 Å². The molecule has 3 aromatic rings. The number of methoxy groups -OCH3 is 2. The minimum atomic E-state index is -4.81. The number of pyridine rings is 1. The maximum absolute atomic E-state index is 14.6. The molecule has 3 rings (SSSR count). The van der Waals surface area contributed by atoms with Crippen LogP contribution in [0.5, 0.6) is 11.5 Å². The Morgan fingerprint density at radius 1 is 1.17 bits per heavy atom. The second-order valence-electron chi connectivity index (χ2n) is 6.62. The van der Waals surface area contributed by atoms with Gasteiger partial charge in [0.05, 0.1) is 31.0 Å². The molecule has 0 saturated carbocycles. The summed E-state index contributed by atoms with van der Waals surface area (Å²) < 4.78 is 68.0. The molecule has 0 aliphatic carbocycles. The standard InChI is InChI=1S/C20H20F4N2O3/c1-11-7-16-19(15(21)9-26(16)12(2)10-27-3)25-18(11)14-6-5-13(8-17(14)28-4)29-20(22,23)24/h5-9,12H,10H2,1-4H3/t12-/m0/s1. The summed E-state index contributed by atoms with van der Waals surface area (Å²) in [6.45, 7) is 4.09. The lowest BCUT2D eigenvalue weighted by Crippen LogP contribution is -2.17. The van der Waals surface area contributed by atoms with Gasteiger partial charge in [-0.25, -0.2) is 9.37 Å². The first-order chi connectivity index (χ1) is 13.6. The van der Waals surface area contributed by atoms with Crippen LogP contribution in [0.3, 0.4) is 0 Å². The van der Waals surface area contributed by atoms with Gasteiger partial charge in [0.15, 0.2) is 5.82 Å². The number of alkyl halides is 3. The molecule has 1 aromatic carbocycles. The predicted octanol–water partition coefficient (Wildman–Crippen LogP) is 5.27. The van der Waals surface area contributed by atoms with Crippen molar-refractivity contribution >= 4 is 11.0 Å². The van der Waals surface area contributed by atoms with E-state index in [1.54, 1.807) is 24.7 Å². The molecule has 0 amide bonds. The Labute approximate surface area is 164 Å². The van der Waals surface area contributed by atoms with Crippen LogP contribution in [0.15, 0.2) is 30.5 Å². The molecule has 0 N–H and O–H groups in total. The van der Waals surface area contributed by atoms with Crippen molar-refractivity contribution in [2.75, 3.05) is 20.8 Å². The average molecular weight is 412 g/mol. The zero-order chi connectivity index (χ0) is 21.3. The summed E-state index contributed by atoms with van der Waals surface area (Å²) in [4.78, 5) is 4.44. The third-order valence-electron chi connectivity index (χ3n) is 4.49. The van der Waals surface area contributed by atoms with Crippen LogP contribution >= 0.6 is 0 Å². The molecule has 29 heavy (non-hydrogen) atoms. The number of aryl methyl sites for hydroxylation is 1. The molecule has 0 aliphatic heterocycles. The first-order valence-corrected chi connectivity index (χ1v) is 8.75. The van der Waals surface area contributed by atoms with Crippen molar-refractivity contribution in [3.8, 4) is 22.8 Å². The molecule has 0 aliphatic rings. The van der Waals surface area contributed by atoms with E-state index in [2.05, 4.69) is 9.72 Å². The molecule has 2 aromatic heterocycles. The van der Waals surface area contributed by atoms with Crippen LogP contribution in [0, 0.1) is 12.7 Å². The van der Waals surface area contributed by atoms with E-state index >= 15 is 0 Å². The highest BCUT2D eigenvalue weighted by Gasteiger charge is 2.31. The number of halogens is 4. The van der Waals surface area contributed by atoms with Gasteiger partial charge in [0.25, 0.3) is 0 Å². The number of fused-ring (bicyclic) bond motifs is 1. The molecule has 0 unspecified atom stereocenters. The Balaban J connectivity index is 2.10. The molecule has 5 nitrogen and oxygen atoms in total. The Hall–Kier alpha value is -2.81. The number of nitrogens with zero attached hydrogens (tertiary/aromatic N) is 2. The van der Waals surface area contributed by atoms with E-state index < -0.39 is 17.9 Å². The third kappa shape index (κ3) is 4.29. The van der Waals surface area contributed by atoms with Gasteiger partial charge in [-0.2, -0.15) is 0 Å². The minimum Gasteiger partial charge on any atom is -0.496 e. The highest BCUT2D eigenvalue weighted by atomic mass is 19.4. The molecular formula is C20H20F4N2O3. The number of ether oxygens (including phenoxy) is 3. The Morgan fingerprint density at radius 3 is 2.52 bits per heavy atom. The van der Waals surface area contributed by atoms with Crippen LogP contribution in [-0.2, 0) is 4.74 Å². The van der Waals surface area contributed by atoms with Gasteiger partial charge in [0, 0.05) is 24.9 Å². The van der Waals surface area contributed by atoms with E-state index in [1.165, 1.54) is 25.4 Å². The lowest BCUT2D eigenvalue weighted by molar-refractivity contribution is -0.274. The number of aromatic nitrogens is 2. The zero-order valence-electron chi connectivity index (χ0n) is 16.3. The smallest absolute Gasteiger partial charge is 0.496 e. The van der Waals surface area contributed by atoms with Crippen molar-refractivity contribution in [2.45, 2.75) is 26.3 Å². The molecule has 156 valence electrons. The Bertz CT molecular complexity index is 1030. The molecule has 0 bridgehead atoms. The lowest BCUT2D eigenvalue weighted by atomic mass is 10.0. The lowest BCUT2D eigenvalue weighted by Gasteiger charge is -2.16. The largest absolute Gasteiger partial charge is 0.573 e. The SMILES string of the molecule is COC[C@H](C)n1cc(F)c2nc(-c3ccc(OC(F)(F)F)cc3OC)c(C)cc21. The fraction of sp³-hybridized carbons (Fsp3) is 0.350. The minimum absolute atomic E-state index is 0.104. The molecular weight excluding hydrogens is 392 g/mol. The molecule has 0 spiro atoms. The highest BCUT2D eigenvalue weighted by Crippen LogP contribution is 2.37. The van der Waals surface area contributed by atoms with Crippen LogP contribution in [0.4, 0.5) is 17.6 Å². The second-order valence-corrected chi connectivity index (χ2v) is 6.62. The van der Waals surface area contributed by atoms with Crippen LogP contribution < -0.4 is 9.47 Å². The van der Waals surface area contributed by atoms with Crippen molar-refractivity contribution < 1.29 is 31.8 Å². The summed E-state index contributed by atoms with van der Waals surface area (Å²) >= 11 is 0. The van der Waals surface area contributed by atoms with Crippen molar-refractivity contribution in [3.63, 3.8) is 0 Å². The molecule has 0 radical (unpaired) electrons. The summed E-state index contributed by atoms with van der Waals surface area (Å²) in [5.41, 5.74) is 2.31. The van der Waals surface area contributed by atoms with Crippen molar-refractivity contribution in [1.82, 2.24) is 9.55 Å². The summed E-state index contributed by atoms with van der Waals surface area (Å²) in [5, 5.41) is 0. The van der Waals surface area contributed by atoms with Crippen molar-refractivity contribution in [2.24, 2.45) is 0 Å². The summed E-state index contributed by atoms with van der Waals surface area (Å²) in [6, 6.07) is 5.37. The molecule has 2 heterocycles. The number of hydrogen-bond acceptors (Lipinski definition) is 4. The van der Waals surface area contributed by atoms with Gasteiger partial charge in [-0.15, -0.1) is 13.2 Å². The fourth-order valence-electron chi connectivity index (χ4n) is 3.25.